The van der Waals surface area contributed by atoms with Gasteiger partial charge in [-0.25, -0.2) is 4.79 Å². The molecule has 0 amide bonds. The van der Waals surface area contributed by atoms with Gasteiger partial charge in [0, 0.05) is 17.5 Å². The maximum atomic E-state index is 11.2. The highest BCUT2D eigenvalue weighted by Gasteiger charge is 2.30. The largest absolute Gasteiger partial charge is 0.543 e. The molecule has 0 unspecified atom stereocenters. The molecule has 1 aromatic heterocycles. The average molecular weight is 276 g/mol. The molecule has 0 aliphatic rings. The predicted molar refractivity (Wildman–Crippen MR) is 80.3 cm³/mol. The highest BCUT2D eigenvalue weighted by Crippen LogP contribution is 2.27. The normalized spacial score (nSPS) is 11.7. The lowest BCUT2D eigenvalue weighted by molar-refractivity contribution is 0.525. The second-order valence-electron chi connectivity index (χ2n) is 4.80. The lowest BCUT2D eigenvalue weighted by Crippen LogP contribution is -2.39. The van der Waals surface area contributed by atoms with Crippen molar-refractivity contribution in [1.82, 2.24) is 0 Å². The SMILES string of the molecule is CC[Si](CC)(CC)Oc1ccc2ccc(=O)oc2c1. The average Bonchev–Trinajstić information content (AvgIpc) is 2.44. The summed E-state index contributed by atoms with van der Waals surface area (Å²) in [7, 11) is -1.68. The highest BCUT2D eigenvalue weighted by atomic mass is 28.4. The van der Waals surface area contributed by atoms with Crippen LogP contribution in [-0.4, -0.2) is 8.32 Å². The van der Waals surface area contributed by atoms with Crippen LogP contribution in [0, 0.1) is 0 Å². The van der Waals surface area contributed by atoms with E-state index in [-0.39, 0.29) is 5.63 Å². The van der Waals surface area contributed by atoms with E-state index in [0.717, 1.165) is 29.3 Å². The number of benzene rings is 1. The van der Waals surface area contributed by atoms with Gasteiger partial charge in [0.2, 0.25) is 8.32 Å². The Labute approximate surface area is 114 Å². The Balaban J connectivity index is 2.38. The molecule has 0 N–H and O–H groups in total. The third-order valence-electron chi connectivity index (χ3n) is 3.86. The van der Waals surface area contributed by atoms with Crippen molar-refractivity contribution in [2.45, 2.75) is 38.9 Å². The van der Waals surface area contributed by atoms with Gasteiger partial charge >= 0.3 is 5.63 Å². The molecule has 0 saturated heterocycles. The van der Waals surface area contributed by atoms with Gasteiger partial charge in [-0.3, -0.25) is 0 Å². The van der Waals surface area contributed by atoms with Crippen LogP contribution in [0.3, 0.4) is 0 Å². The maximum Gasteiger partial charge on any atom is 0.336 e. The van der Waals surface area contributed by atoms with Gasteiger partial charge in [-0.2, -0.15) is 0 Å². The molecule has 102 valence electrons. The monoisotopic (exact) mass is 276 g/mol. The van der Waals surface area contributed by atoms with Crippen LogP contribution in [0.25, 0.3) is 11.0 Å². The Hall–Kier alpha value is -1.55. The van der Waals surface area contributed by atoms with Crippen LogP contribution in [0.1, 0.15) is 20.8 Å². The van der Waals surface area contributed by atoms with Crippen LogP contribution in [0.4, 0.5) is 0 Å². The van der Waals surface area contributed by atoms with Crippen LogP contribution in [0.2, 0.25) is 18.1 Å². The van der Waals surface area contributed by atoms with E-state index in [4.69, 9.17) is 8.84 Å². The molecule has 0 aliphatic carbocycles. The van der Waals surface area contributed by atoms with Crippen LogP contribution in [0.15, 0.2) is 39.5 Å². The molecule has 1 aromatic carbocycles. The Morgan fingerprint density at radius 2 is 1.68 bits per heavy atom. The summed E-state index contributed by atoms with van der Waals surface area (Å²) in [5, 5.41) is 0.920. The minimum Gasteiger partial charge on any atom is -0.543 e. The molecule has 0 fully saturated rings. The first kappa shape index (κ1) is 13.9. The Bertz CT molecular complexity index is 606. The van der Waals surface area contributed by atoms with E-state index in [1.54, 1.807) is 6.07 Å². The van der Waals surface area contributed by atoms with Gasteiger partial charge < -0.3 is 8.84 Å². The fraction of sp³-hybridized carbons (Fsp3) is 0.400. The molecule has 0 aliphatic heterocycles. The minimum atomic E-state index is -1.68. The van der Waals surface area contributed by atoms with Crippen molar-refractivity contribution in [2.75, 3.05) is 0 Å². The van der Waals surface area contributed by atoms with Crippen LogP contribution in [-0.2, 0) is 0 Å². The van der Waals surface area contributed by atoms with Gasteiger partial charge in [-0.15, -0.1) is 0 Å². The highest BCUT2D eigenvalue weighted by molar-refractivity contribution is 6.74. The molecule has 3 nitrogen and oxygen atoms in total. The molecule has 0 atom stereocenters. The lowest BCUT2D eigenvalue weighted by Gasteiger charge is -2.28. The second kappa shape index (κ2) is 5.61. The summed E-state index contributed by atoms with van der Waals surface area (Å²) in [4.78, 5) is 11.2. The second-order valence-corrected chi connectivity index (χ2v) is 9.49. The fourth-order valence-electron chi connectivity index (χ4n) is 2.32. The minimum absolute atomic E-state index is 0.324. The number of hydrogen-bond donors (Lipinski definition) is 0. The van der Waals surface area contributed by atoms with Gasteiger partial charge in [0.15, 0.2) is 0 Å². The predicted octanol–water partition coefficient (Wildman–Crippen LogP) is 4.18. The maximum absolute atomic E-state index is 11.2. The molecule has 1 heterocycles. The zero-order valence-corrected chi connectivity index (χ0v) is 12.7. The van der Waals surface area contributed by atoms with Crippen molar-refractivity contribution >= 4 is 19.3 Å². The van der Waals surface area contributed by atoms with Crippen LogP contribution in [0.5, 0.6) is 5.75 Å². The van der Waals surface area contributed by atoms with Gasteiger partial charge in [0.05, 0.1) is 0 Å². The number of hydrogen-bond acceptors (Lipinski definition) is 3. The molecule has 19 heavy (non-hydrogen) atoms. The van der Waals surface area contributed by atoms with Gasteiger partial charge in [-0.1, -0.05) is 20.8 Å². The van der Waals surface area contributed by atoms with E-state index in [2.05, 4.69) is 20.8 Å². The first-order chi connectivity index (χ1) is 9.12. The molecule has 0 bridgehead atoms. The van der Waals surface area contributed by atoms with Crippen molar-refractivity contribution in [3.8, 4) is 5.75 Å². The third-order valence-corrected chi connectivity index (χ3v) is 8.40. The van der Waals surface area contributed by atoms with Gasteiger partial charge in [0.1, 0.15) is 11.3 Å². The van der Waals surface area contributed by atoms with E-state index < -0.39 is 8.32 Å². The number of rotatable bonds is 5. The number of fused-ring (bicyclic) bond motifs is 1. The van der Waals surface area contributed by atoms with Crippen molar-refractivity contribution in [2.24, 2.45) is 0 Å². The summed E-state index contributed by atoms with van der Waals surface area (Å²) in [5.41, 5.74) is 0.269. The summed E-state index contributed by atoms with van der Waals surface area (Å²) >= 11 is 0. The van der Waals surface area contributed by atoms with Crippen LogP contribution >= 0.6 is 0 Å². The molecule has 0 radical (unpaired) electrons. The van der Waals surface area contributed by atoms with Crippen molar-refractivity contribution in [3.05, 3.63) is 40.8 Å². The third kappa shape index (κ3) is 2.89. The molecule has 0 spiro atoms. The summed E-state index contributed by atoms with van der Waals surface area (Å²) in [6.45, 7) is 6.58. The van der Waals surface area contributed by atoms with Crippen molar-refractivity contribution < 1.29 is 8.84 Å². The quantitative estimate of drug-likeness (QED) is 0.607. The van der Waals surface area contributed by atoms with E-state index in [9.17, 15) is 4.79 Å². The zero-order chi connectivity index (χ0) is 13.9. The molecular weight excluding hydrogens is 256 g/mol. The summed E-state index contributed by atoms with van der Waals surface area (Å²) in [6.07, 6.45) is 0. The van der Waals surface area contributed by atoms with Crippen molar-refractivity contribution in [1.29, 1.82) is 0 Å². The molecule has 4 heteroatoms. The Kier molecular flexibility index (Phi) is 4.10. The first-order valence-corrected chi connectivity index (χ1v) is 9.38. The van der Waals surface area contributed by atoms with E-state index >= 15 is 0 Å². The lowest BCUT2D eigenvalue weighted by atomic mass is 10.2. The fourth-order valence-corrected chi connectivity index (χ4v) is 4.88. The standard InChI is InChI=1S/C15H20O3Si/c1-4-19(5-2,6-3)18-13-9-7-12-8-10-15(16)17-14(12)11-13/h7-11H,4-6H2,1-3H3. The van der Waals surface area contributed by atoms with Crippen LogP contribution < -0.4 is 10.1 Å². The Morgan fingerprint density at radius 1 is 1.05 bits per heavy atom. The van der Waals surface area contributed by atoms with Gasteiger partial charge in [-0.05, 0) is 36.3 Å². The molecule has 2 rings (SSSR count). The van der Waals surface area contributed by atoms with E-state index in [1.807, 2.05) is 18.2 Å². The summed E-state index contributed by atoms with van der Waals surface area (Å²) in [5.74, 6) is 0.819. The Morgan fingerprint density at radius 3 is 2.32 bits per heavy atom. The molecule has 2 aromatic rings. The van der Waals surface area contributed by atoms with E-state index in [1.165, 1.54) is 6.07 Å². The molecular formula is C15H20O3Si. The van der Waals surface area contributed by atoms with Gasteiger partial charge in [0.25, 0.3) is 0 Å². The topological polar surface area (TPSA) is 39.4 Å². The first-order valence-electron chi connectivity index (χ1n) is 6.85. The van der Waals surface area contributed by atoms with Crippen molar-refractivity contribution in [3.63, 3.8) is 0 Å². The zero-order valence-electron chi connectivity index (χ0n) is 11.7. The summed E-state index contributed by atoms with van der Waals surface area (Å²) in [6, 6.07) is 12.2. The summed E-state index contributed by atoms with van der Waals surface area (Å²) < 4.78 is 11.5. The molecule has 0 saturated carbocycles. The van der Waals surface area contributed by atoms with E-state index in [0.29, 0.717) is 5.58 Å². The smallest absolute Gasteiger partial charge is 0.336 e.